The maximum Gasteiger partial charge on any atom is 0.274 e. The molecule has 1 fully saturated rings. The van der Waals surface area contributed by atoms with Gasteiger partial charge >= 0.3 is 0 Å². The fraction of sp³-hybridized carbons (Fsp3) is 0.429. The Bertz CT molecular complexity index is 1170. The lowest BCUT2D eigenvalue weighted by molar-refractivity contribution is 0.0745. The minimum Gasteiger partial charge on any atom is -0.493 e. The van der Waals surface area contributed by atoms with Crippen molar-refractivity contribution in [3.63, 3.8) is 0 Å². The number of nitrogens with zero attached hydrogens (tertiary/aromatic N) is 2. The van der Waals surface area contributed by atoms with Gasteiger partial charge in [-0.3, -0.25) is 4.79 Å². The number of hydrogen-bond acceptors (Lipinski definition) is 5. The first kappa shape index (κ1) is 24.3. The number of thiazole rings is 1. The van der Waals surface area contributed by atoms with Crippen molar-refractivity contribution in [2.75, 3.05) is 26.8 Å². The topological polar surface area (TPSA) is 51.7 Å². The number of methoxy groups -OCH3 is 1. The van der Waals surface area contributed by atoms with E-state index in [1.807, 2.05) is 30.9 Å². The summed E-state index contributed by atoms with van der Waals surface area (Å²) in [5.41, 5.74) is 5.25. The summed E-state index contributed by atoms with van der Waals surface area (Å²) in [5, 5.41) is 0.916. The number of carbonyl (C=O) groups is 1. The molecule has 0 bridgehead atoms. The van der Waals surface area contributed by atoms with E-state index in [1.54, 1.807) is 18.4 Å². The third-order valence-electron chi connectivity index (χ3n) is 6.37. The summed E-state index contributed by atoms with van der Waals surface area (Å²) in [7, 11) is 1.65. The van der Waals surface area contributed by atoms with Crippen molar-refractivity contribution >= 4 is 17.2 Å². The highest BCUT2D eigenvalue weighted by molar-refractivity contribution is 7.15. The monoisotopic (exact) mass is 478 g/mol. The molecule has 5 nitrogen and oxygen atoms in total. The van der Waals surface area contributed by atoms with Gasteiger partial charge in [0.15, 0.2) is 11.5 Å². The lowest BCUT2D eigenvalue weighted by Gasteiger charge is -2.23. The summed E-state index contributed by atoms with van der Waals surface area (Å²) >= 11 is 1.60. The normalized spacial score (nSPS) is 13.1. The van der Waals surface area contributed by atoms with E-state index in [4.69, 9.17) is 14.5 Å². The Balaban J connectivity index is 1.57. The zero-order valence-corrected chi connectivity index (χ0v) is 21.6. The van der Waals surface area contributed by atoms with Crippen molar-refractivity contribution in [3.8, 4) is 21.9 Å². The zero-order valence-electron chi connectivity index (χ0n) is 20.8. The number of amides is 1. The maximum absolute atomic E-state index is 13.8. The van der Waals surface area contributed by atoms with Gasteiger partial charge in [-0.2, -0.15) is 0 Å². The smallest absolute Gasteiger partial charge is 0.274 e. The second-order valence-corrected chi connectivity index (χ2v) is 10.3. The van der Waals surface area contributed by atoms with Crippen LogP contribution >= 0.6 is 11.3 Å². The molecule has 1 aliphatic carbocycles. The number of benzene rings is 2. The van der Waals surface area contributed by atoms with E-state index in [1.165, 1.54) is 24.0 Å². The van der Waals surface area contributed by atoms with Gasteiger partial charge < -0.3 is 14.4 Å². The van der Waals surface area contributed by atoms with Gasteiger partial charge in [0.2, 0.25) is 0 Å². The Morgan fingerprint density at radius 2 is 1.88 bits per heavy atom. The lowest BCUT2D eigenvalue weighted by Crippen LogP contribution is -2.35. The van der Waals surface area contributed by atoms with Gasteiger partial charge in [0.05, 0.1) is 23.6 Å². The largest absolute Gasteiger partial charge is 0.493 e. The van der Waals surface area contributed by atoms with Crippen molar-refractivity contribution in [3.05, 3.63) is 63.8 Å². The van der Waals surface area contributed by atoms with E-state index < -0.39 is 0 Å². The molecule has 0 N–H and O–H groups in total. The number of rotatable bonds is 10. The van der Waals surface area contributed by atoms with Gasteiger partial charge in [0.1, 0.15) is 5.69 Å². The van der Waals surface area contributed by atoms with Crippen LogP contribution in [0.25, 0.3) is 10.4 Å². The zero-order chi connectivity index (χ0) is 24.2. The third kappa shape index (κ3) is 5.61. The van der Waals surface area contributed by atoms with E-state index in [0.29, 0.717) is 24.8 Å². The number of aryl methyl sites for hydroxylation is 3. The van der Waals surface area contributed by atoms with Crippen LogP contribution in [0.15, 0.2) is 36.4 Å². The van der Waals surface area contributed by atoms with E-state index >= 15 is 0 Å². The average Bonchev–Trinajstić information content (AvgIpc) is 3.56. The Kier molecular flexibility index (Phi) is 7.57. The van der Waals surface area contributed by atoms with E-state index in [2.05, 4.69) is 38.1 Å². The van der Waals surface area contributed by atoms with Crippen LogP contribution in [0, 0.1) is 26.7 Å². The molecule has 0 aliphatic heterocycles. The van der Waals surface area contributed by atoms with E-state index in [9.17, 15) is 4.79 Å². The molecule has 0 atom stereocenters. The quantitative estimate of drug-likeness (QED) is 0.346. The Morgan fingerprint density at radius 3 is 2.56 bits per heavy atom. The first-order valence-corrected chi connectivity index (χ1v) is 12.8. The third-order valence-corrected chi connectivity index (χ3v) is 7.39. The van der Waals surface area contributed by atoms with Gasteiger partial charge in [-0.25, -0.2) is 4.98 Å². The van der Waals surface area contributed by atoms with Gasteiger partial charge in [0, 0.05) is 13.1 Å². The molecular formula is C28H34N2O3S. The number of ether oxygens (including phenoxy) is 2. The second kappa shape index (κ2) is 10.6. The fourth-order valence-corrected chi connectivity index (χ4v) is 5.00. The molecule has 180 valence electrons. The van der Waals surface area contributed by atoms with Crippen LogP contribution in [0.5, 0.6) is 11.5 Å². The van der Waals surface area contributed by atoms with Crippen molar-refractivity contribution in [1.82, 2.24) is 9.88 Å². The minimum atomic E-state index is 0.0306. The van der Waals surface area contributed by atoms with Gasteiger partial charge in [-0.05, 0) is 87.3 Å². The predicted molar refractivity (Wildman–Crippen MR) is 138 cm³/mol. The molecule has 4 rings (SSSR count). The molecule has 1 heterocycles. The molecule has 6 heteroatoms. The molecule has 3 aromatic rings. The SMILES string of the molecule is CCOc1cc(CCN(CC2CC2)C(=O)c2nc(C)sc2-c2ccc(C)c(C)c2)ccc1OC. The summed E-state index contributed by atoms with van der Waals surface area (Å²) in [4.78, 5) is 21.4. The van der Waals surface area contributed by atoms with Crippen LogP contribution < -0.4 is 9.47 Å². The average molecular weight is 479 g/mol. The van der Waals surface area contributed by atoms with Gasteiger partial charge in [-0.15, -0.1) is 11.3 Å². The first-order chi connectivity index (χ1) is 16.4. The summed E-state index contributed by atoms with van der Waals surface area (Å²) in [5.74, 6) is 2.11. The molecule has 34 heavy (non-hydrogen) atoms. The molecule has 1 saturated carbocycles. The van der Waals surface area contributed by atoms with Crippen LogP contribution in [-0.2, 0) is 6.42 Å². The number of hydrogen-bond donors (Lipinski definition) is 0. The minimum absolute atomic E-state index is 0.0306. The van der Waals surface area contributed by atoms with Crippen LogP contribution in [0.2, 0.25) is 0 Å². The Morgan fingerprint density at radius 1 is 1.09 bits per heavy atom. The molecule has 1 aromatic heterocycles. The molecule has 1 amide bonds. The van der Waals surface area contributed by atoms with Crippen LogP contribution in [0.3, 0.4) is 0 Å². The maximum atomic E-state index is 13.8. The summed E-state index contributed by atoms with van der Waals surface area (Å²) in [6.45, 7) is 10.2. The van der Waals surface area contributed by atoms with Crippen molar-refractivity contribution in [1.29, 1.82) is 0 Å². The highest BCUT2D eigenvalue weighted by Gasteiger charge is 2.30. The highest BCUT2D eigenvalue weighted by Crippen LogP contribution is 2.35. The van der Waals surface area contributed by atoms with Crippen molar-refractivity contribution < 1.29 is 14.3 Å². The molecule has 0 unspecified atom stereocenters. The highest BCUT2D eigenvalue weighted by atomic mass is 32.1. The number of carbonyl (C=O) groups excluding carboxylic acids is 1. The molecule has 0 radical (unpaired) electrons. The van der Waals surface area contributed by atoms with E-state index in [0.717, 1.165) is 45.5 Å². The molecule has 2 aromatic carbocycles. The van der Waals surface area contributed by atoms with Crippen LogP contribution in [0.4, 0.5) is 0 Å². The Hall–Kier alpha value is -2.86. The molecule has 1 aliphatic rings. The summed E-state index contributed by atoms with van der Waals surface area (Å²) < 4.78 is 11.2. The van der Waals surface area contributed by atoms with Crippen LogP contribution in [0.1, 0.15) is 52.0 Å². The second-order valence-electron chi connectivity index (χ2n) is 9.07. The van der Waals surface area contributed by atoms with E-state index in [-0.39, 0.29) is 5.91 Å². The number of aromatic nitrogens is 1. The van der Waals surface area contributed by atoms with Crippen molar-refractivity contribution in [2.24, 2.45) is 5.92 Å². The van der Waals surface area contributed by atoms with Crippen LogP contribution in [-0.4, -0.2) is 42.6 Å². The molecular weight excluding hydrogens is 444 g/mol. The fourth-order valence-electron chi connectivity index (χ4n) is 4.10. The Labute approximate surface area is 206 Å². The van der Waals surface area contributed by atoms with Gasteiger partial charge in [0.25, 0.3) is 5.91 Å². The standard InChI is InChI=1S/C28H34N2O3S/c1-6-33-25-16-21(10-12-24(25)32-5)13-14-30(17-22-8-9-22)28(31)26-27(34-20(4)29-26)23-11-7-18(2)19(3)15-23/h7,10-12,15-16,22H,6,8-9,13-14,17H2,1-5H3. The predicted octanol–water partition coefficient (Wildman–Crippen LogP) is 6.24. The van der Waals surface area contributed by atoms with Crippen molar-refractivity contribution in [2.45, 2.75) is 47.0 Å². The summed E-state index contributed by atoms with van der Waals surface area (Å²) in [6, 6.07) is 12.4. The van der Waals surface area contributed by atoms with Gasteiger partial charge in [-0.1, -0.05) is 24.3 Å². The summed E-state index contributed by atoms with van der Waals surface area (Å²) in [6.07, 6.45) is 3.15. The molecule has 0 saturated heterocycles. The lowest BCUT2D eigenvalue weighted by atomic mass is 10.0. The molecule has 0 spiro atoms. The first-order valence-electron chi connectivity index (χ1n) is 12.0.